The molecule has 0 aromatic heterocycles. The Balaban J connectivity index is 4.32. The summed E-state index contributed by atoms with van der Waals surface area (Å²) in [6, 6.07) is 0. The van der Waals surface area contributed by atoms with Crippen molar-refractivity contribution in [3.05, 3.63) is 0 Å². The Labute approximate surface area is 123 Å². The Hall–Kier alpha value is -1.10. The van der Waals surface area contributed by atoms with Crippen molar-refractivity contribution in [2.45, 2.75) is 34.1 Å². The van der Waals surface area contributed by atoms with E-state index < -0.39 is 0 Å². The van der Waals surface area contributed by atoms with Crippen LogP contribution in [-0.2, 0) is 14.3 Å². The van der Waals surface area contributed by atoms with Gasteiger partial charge in [0.05, 0.1) is 20.1 Å². The van der Waals surface area contributed by atoms with Crippen LogP contribution in [0.5, 0.6) is 0 Å². The second kappa shape index (κ2) is 9.75. The number of ether oxygens (including phenoxy) is 1. The van der Waals surface area contributed by atoms with Crippen molar-refractivity contribution in [1.29, 1.82) is 0 Å². The van der Waals surface area contributed by atoms with Crippen molar-refractivity contribution in [2.24, 2.45) is 11.8 Å². The summed E-state index contributed by atoms with van der Waals surface area (Å²) >= 11 is 0. The van der Waals surface area contributed by atoms with E-state index in [1.54, 1.807) is 0 Å². The SMILES string of the molecule is COC(=O)CCN(C)CC(=O)N(CC(C)C)CC(C)C. The zero-order valence-corrected chi connectivity index (χ0v) is 13.8. The van der Waals surface area contributed by atoms with Crippen molar-refractivity contribution in [3.8, 4) is 0 Å². The van der Waals surface area contributed by atoms with Crippen LogP contribution in [0.25, 0.3) is 0 Å². The normalized spacial score (nSPS) is 11.2. The van der Waals surface area contributed by atoms with Crippen molar-refractivity contribution >= 4 is 11.9 Å². The lowest BCUT2D eigenvalue weighted by atomic mass is 10.1. The molecule has 0 saturated carbocycles. The molecule has 0 saturated heterocycles. The van der Waals surface area contributed by atoms with Gasteiger partial charge in [-0.05, 0) is 18.9 Å². The molecule has 0 atom stereocenters. The Morgan fingerprint density at radius 2 is 1.55 bits per heavy atom. The first-order valence-electron chi connectivity index (χ1n) is 7.29. The number of carbonyl (C=O) groups excluding carboxylic acids is 2. The minimum atomic E-state index is -0.245. The minimum Gasteiger partial charge on any atom is -0.469 e. The van der Waals surface area contributed by atoms with E-state index in [1.165, 1.54) is 7.11 Å². The van der Waals surface area contributed by atoms with E-state index >= 15 is 0 Å². The largest absolute Gasteiger partial charge is 0.469 e. The topological polar surface area (TPSA) is 49.9 Å². The number of likely N-dealkylation sites (N-methyl/N-ethyl adjacent to an activating group) is 1. The van der Waals surface area contributed by atoms with E-state index in [4.69, 9.17) is 0 Å². The molecule has 5 heteroatoms. The van der Waals surface area contributed by atoms with Gasteiger partial charge in [-0.3, -0.25) is 14.5 Å². The monoisotopic (exact) mass is 286 g/mol. The molecule has 0 N–H and O–H groups in total. The highest BCUT2D eigenvalue weighted by Crippen LogP contribution is 2.05. The molecule has 0 radical (unpaired) electrons. The Bertz CT molecular complexity index is 293. The first kappa shape index (κ1) is 18.9. The highest BCUT2D eigenvalue weighted by molar-refractivity contribution is 5.78. The molecule has 0 aliphatic rings. The summed E-state index contributed by atoms with van der Waals surface area (Å²) < 4.78 is 4.60. The van der Waals surface area contributed by atoms with Crippen LogP contribution in [0.3, 0.4) is 0 Å². The van der Waals surface area contributed by atoms with Gasteiger partial charge in [0, 0.05) is 19.6 Å². The standard InChI is InChI=1S/C15H30N2O3/c1-12(2)9-17(10-13(3)4)14(18)11-16(5)8-7-15(19)20-6/h12-13H,7-11H2,1-6H3. The molecule has 0 spiro atoms. The Morgan fingerprint density at radius 3 is 1.95 bits per heavy atom. The molecule has 0 rings (SSSR count). The molecule has 0 unspecified atom stereocenters. The average molecular weight is 286 g/mol. The van der Waals surface area contributed by atoms with Gasteiger partial charge in [0.2, 0.25) is 5.91 Å². The summed E-state index contributed by atoms with van der Waals surface area (Å²) in [5.41, 5.74) is 0. The summed E-state index contributed by atoms with van der Waals surface area (Å²) in [6.07, 6.45) is 0.314. The zero-order chi connectivity index (χ0) is 15.7. The van der Waals surface area contributed by atoms with E-state index in [2.05, 4.69) is 32.4 Å². The van der Waals surface area contributed by atoms with Crippen LogP contribution in [0, 0.1) is 11.8 Å². The number of hydrogen-bond acceptors (Lipinski definition) is 4. The van der Waals surface area contributed by atoms with Gasteiger partial charge in [-0.25, -0.2) is 0 Å². The summed E-state index contributed by atoms with van der Waals surface area (Å²) in [5, 5.41) is 0. The average Bonchev–Trinajstić information content (AvgIpc) is 2.33. The molecule has 0 aromatic rings. The van der Waals surface area contributed by atoms with Gasteiger partial charge in [0.15, 0.2) is 0 Å². The number of hydrogen-bond donors (Lipinski definition) is 0. The molecule has 118 valence electrons. The predicted molar refractivity (Wildman–Crippen MR) is 80.4 cm³/mol. The number of rotatable bonds is 9. The molecule has 0 aliphatic carbocycles. The van der Waals surface area contributed by atoms with Crippen molar-refractivity contribution in [2.75, 3.05) is 40.3 Å². The molecule has 0 heterocycles. The first-order chi connectivity index (χ1) is 9.26. The number of esters is 1. The van der Waals surface area contributed by atoms with Crippen LogP contribution in [-0.4, -0.2) is 62.0 Å². The molecule has 0 bridgehead atoms. The highest BCUT2D eigenvalue weighted by Gasteiger charge is 2.18. The maximum atomic E-state index is 12.3. The Kier molecular flexibility index (Phi) is 9.21. The number of methoxy groups -OCH3 is 1. The third kappa shape index (κ3) is 8.91. The molecular formula is C15H30N2O3. The fourth-order valence-corrected chi connectivity index (χ4v) is 1.95. The van der Waals surface area contributed by atoms with Crippen LogP contribution in [0.1, 0.15) is 34.1 Å². The number of carbonyl (C=O) groups is 2. The lowest BCUT2D eigenvalue weighted by Gasteiger charge is -2.28. The highest BCUT2D eigenvalue weighted by atomic mass is 16.5. The second-order valence-electron chi connectivity index (χ2n) is 6.15. The molecule has 1 amide bonds. The fourth-order valence-electron chi connectivity index (χ4n) is 1.95. The van der Waals surface area contributed by atoms with Crippen LogP contribution in [0.15, 0.2) is 0 Å². The third-order valence-corrected chi connectivity index (χ3v) is 2.85. The maximum Gasteiger partial charge on any atom is 0.306 e. The van der Waals surface area contributed by atoms with E-state index in [0.717, 1.165) is 13.1 Å². The van der Waals surface area contributed by atoms with Gasteiger partial charge in [0.1, 0.15) is 0 Å². The van der Waals surface area contributed by atoms with E-state index in [1.807, 2.05) is 16.8 Å². The predicted octanol–water partition coefficient (Wildman–Crippen LogP) is 1.62. The maximum absolute atomic E-state index is 12.3. The van der Waals surface area contributed by atoms with E-state index in [-0.39, 0.29) is 11.9 Å². The molecule has 0 fully saturated rings. The van der Waals surface area contributed by atoms with Gasteiger partial charge in [-0.1, -0.05) is 27.7 Å². The van der Waals surface area contributed by atoms with Gasteiger partial charge in [0.25, 0.3) is 0 Å². The lowest BCUT2D eigenvalue weighted by Crippen LogP contribution is -2.43. The van der Waals surface area contributed by atoms with Gasteiger partial charge >= 0.3 is 5.97 Å². The number of nitrogens with zero attached hydrogens (tertiary/aromatic N) is 2. The minimum absolute atomic E-state index is 0.125. The third-order valence-electron chi connectivity index (χ3n) is 2.85. The lowest BCUT2D eigenvalue weighted by molar-refractivity contribution is -0.141. The van der Waals surface area contributed by atoms with Crippen molar-refractivity contribution in [3.63, 3.8) is 0 Å². The fraction of sp³-hybridized carbons (Fsp3) is 0.867. The summed E-state index contributed by atoms with van der Waals surface area (Å²) in [4.78, 5) is 27.2. The van der Waals surface area contributed by atoms with Gasteiger partial charge in [-0.15, -0.1) is 0 Å². The number of amides is 1. The smallest absolute Gasteiger partial charge is 0.306 e. The Morgan fingerprint density at radius 1 is 1.05 bits per heavy atom. The molecule has 0 aliphatic heterocycles. The summed E-state index contributed by atoms with van der Waals surface area (Å²) in [7, 11) is 3.23. The van der Waals surface area contributed by atoms with Crippen LogP contribution >= 0.6 is 0 Å². The van der Waals surface area contributed by atoms with Crippen molar-refractivity contribution < 1.29 is 14.3 Å². The van der Waals surface area contributed by atoms with Gasteiger partial charge in [-0.2, -0.15) is 0 Å². The van der Waals surface area contributed by atoms with E-state index in [0.29, 0.717) is 31.3 Å². The molecule has 0 aromatic carbocycles. The molecular weight excluding hydrogens is 256 g/mol. The van der Waals surface area contributed by atoms with Gasteiger partial charge < -0.3 is 9.64 Å². The van der Waals surface area contributed by atoms with E-state index in [9.17, 15) is 9.59 Å². The molecule has 5 nitrogen and oxygen atoms in total. The summed E-state index contributed by atoms with van der Waals surface area (Å²) in [6.45, 7) is 10.9. The van der Waals surface area contributed by atoms with Crippen molar-refractivity contribution in [1.82, 2.24) is 9.80 Å². The quantitative estimate of drug-likeness (QED) is 0.604. The van der Waals surface area contributed by atoms with Crippen LogP contribution in [0.2, 0.25) is 0 Å². The van der Waals surface area contributed by atoms with Crippen LogP contribution < -0.4 is 0 Å². The van der Waals surface area contributed by atoms with Crippen LogP contribution in [0.4, 0.5) is 0 Å². The molecule has 20 heavy (non-hydrogen) atoms. The summed E-state index contributed by atoms with van der Waals surface area (Å²) in [5.74, 6) is 0.793. The zero-order valence-electron chi connectivity index (χ0n) is 13.8. The second-order valence-corrected chi connectivity index (χ2v) is 6.15. The first-order valence-corrected chi connectivity index (χ1v) is 7.29.